The first-order chi connectivity index (χ1) is 29.5. The van der Waals surface area contributed by atoms with E-state index in [9.17, 15) is 28.8 Å². The molecule has 0 aromatic carbocycles. The Balaban J connectivity index is 0.000000288. The Morgan fingerprint density at radius 2 is 1.21 bits per heavy atom. The number of thiocarbonyl (C=S) groups is 2. The summed E-state index contributed by atoms with van der Waals surface area (Å²) in [5.74, 6) is -1.17. The van der Waals surface area contributed by atoms with Gasteiger partial charge in [0.25, 0.3) is 11.1 Å². The van der Waals surface area contributed by atoms with Gasteiger partial charge in [-0.25, -0.2) is 9.59 Å². The lowest BCUT2D eigenvalue weighted by Gasteiger charge is -2.51. The van der Waals surface area contributed by atoms with Crippen LogP contribution in [0.2, 0.25) is 22.2 Å². The Kier molecular flexibility index (Phi) is 18.8. The number of thioether (sulfide) groups is 2. The Hall–Kier alpha value is -2.99. The van der Waals surface area contributed by atoms with Gasteiger partial charge in [0, 0.05) is 38.4 Å². The van der Waals surface area contributed by atoms with Gasteiger partial charge in [0.15, 0.2) is 30.8 Å². The van der Waals surface area contributed by atoms with Crippen molar-refractivity contribution in [3.8, 4) is 0 Å². The fourth-order valence-electron chi connectivity index (χ4n) is 7.77. The van der Waals surface area contributed by atoms with Gasteiger partial charge < -0.3 is 41.4 Å². The highest BCUT2D eigenvalue weighted by Gasteiger charge is 2.62. The van der Waals surface area contributed by atoms with Crippen molar-refractivity contribution in [2.24, 2.45) is 0 Å². The second-order valence-corrected chi connectivity index (χ2v) is 27.8. The van der Waals surface area contributed by atoms with Crippen molar-refractivity contribution in [2.75, 3.05) is 25.7 Å². The third kappa shape index (κ3) is 12.3. The first-order valence-corrected chi connectivity index (χ1v) is 27.5. The van der Waals surface area contributed by atoms with Crippen LogP contribution < -0.4 is 22.5 Å². The molecular weight excluding hydrogens is 937 g/mol. The molecule has 2 aromatic rings. The summed E-state index contributed by atoms with van der Waals surface area (Å²) in [6, 6.07) is 2.42. The Morgan fingerprint density at radius 3 is 1.63 bits per heavy atom. The van der Waals surface area contributed by atoms with E-state index in [-0.39, 0.29) is 39.8 Å². The molecule has 352 valence electrons. The smallest absolute Gasteiger partial charge is 0.335 e. The van der Waals surface area contributed by atoms with Gasteiger partial charge in [0.2, 0.25) is 8.77 Å². The fraction of sp³-hybridized carbons (Fsp3) is 0.684. The van der Waals surface area contributed by atoms with Gasteiger partial charge in [0.05, 0.1) is 6.61 Å². The molecule has 3 aliphatic heterocycles. The molecule has 19 nitrogen and oxygen atoms in total. The second kappa shape index (κ2) is 22.5. The van der Waals surface area contributed by atoms with Gasteiger partial charge in [-0.3, -0.25) is 38.3 Å². The molecule has 0 bridgehead atoms. The third-order valence-corrected chi connectivity index (χ3v) is 23.0. The summed E-state index contributed by atoms with van der Waals surface area (Å²) >= 11 is 12.9. The van der Waals surface area contributed by atoms with Crippen LogP contribution in [0.5, 0.6) is 0 Å². The summed E-state index contributed by atoms with van der Waals surface area (Å²) in [6.45, 7) is 19.6. The highest BCUT2D eigenvalue weighted by molar-refractivity contribution is 8.22. The SMILES string of the molecule is CSC(=S)OC1[C@@H](OC(C)=O)[C@@H](COC(C)=O)O[C@H]1n1ccc(=O)[nH]c1=O.CSC(=S)OC1[C@H]2O[Si](C(C)C)(C(C)C)O[Si](C(C)C)(C(C)C)OC[C@H]2O[C@H]1n1ccc(=O)[nH]c1=O. The zero-order chi connectivity index (χ0) is 47.1. The van der Waals surface area contributed by atoms with E-state index >= 15 is 0 Å². The number of rotatable bonds is 11. The first-order valence-electron chi connectivity index (χ1n) is 20.3. The number of H-pyrrole nitrogens is 2. The van der Waals surface area contributed by atoms with Crippen molar-refractivity contribution in [3.05, 3.63) is 66.2 Å². The number of carbonyl (C=O) groups is 2. The molecule has 0 aliphatic carbocycles. The predicted molar refractivity (Wildman–Crippen MR) is 248 cm³/mol. The van der Waals surface area contributed by atoms with E-state index in [1.165, 1.54) is 48.6 Å². The number of carbonyl (C=O) groups excluding carboxylic acids is 2. The summed E-state index contributed by atoms with van der Waals surface area (Å²) in [7, 11) is -5.69. The molecule has 2 aromatic heterocycles. The number of hydrogen-bond acceptors (Lipinski definition) is 19. The van der Waals surface area contributed by atoms with Crippen molar-refractivity contribution in [1.29, 1.82) is 0 Å². The zero-order valence-electron chi connectivity index (χ0n) is 37.3. The summed E-state index contributed by atoms with van der Waals surface area (Å²) in [4.78, 5) is 75.1. The zero-order valence-corrected chi connectivity index (χ0v) is 42.6. The number of hydrogen-bond donors (Lipinski definition) is 2. The van der Waals surface area contributed by atoms with E-state index in [1.807, 2.05) is 6.26 Å². The summed E-state index contributed by atoms with van der Waals surface area (Å²) in [5.41, 5.74) is -1.79. The van der Waals surface area contributed by atoms with Crippen LogP contribution in [0.3, 0.4) is 0 Å². The maximum atomic E-state index is 12.7. The largest absolute Gasteiger partial charge is 0.468 e. The van der Waals surface area contributed by atoms with E-state index < -0.39 is 101 Å². The van der Waals surface area contributed by atoms with Gasteiger partial charge in [-0.15, -0.1) is 0 Å². The van der Waals surface area contributed by atoms with E-state index in [0.717, 1.165) is 22.4 Å². The minimum absolute atomic E-state index is 0.118. The number of nitrogens with zero attached hydrogens (tertiary/aromatic N) is 2. The molecule has 0 saturated carbocycles. The molecule has 63 heavy (non-hydrogen) atoms. The Labute approximate surface area is 386 Å². The molecule has 3 saturated heterocycles. The lowest BCUT2D eigenvalue weighted by Crippen LogP contribution is -2.66. The lowest BCUT2D eigenvalue weighted by molar-refractivity contribution is -0.157. The van der Waals surface area contributed by atoms with Gasteiger partial charge >= 0.3 is 40.4 Å². The van der Waals surface area contributed by atoms with Crippen LogP contribution in [0.1, 0.15) is 81.7 Å². The molecule has 2 unspecified atom stereocenters. The standard InChI is InChI=1S/C23H40N2O7S2Si2.C15H18N2O8S2/c1-13(2)35(14(3)4)28-12-17-19(31-36(32-35,15(5)6)16(7)8)20(30-23(33)34-9)21(29-17)25-11-10-18(26)24-22(25)27;1-7(18)22-6-9-11(23-8(2)19)12(25-15(26)27-3)13(24-9)17-5-4-10(20)16-14(17)21/h10-11,13-17,19-21H,12H2,1-9H3,(H,24,26,27);4-5,9,11-13H,6H2,1-3H3,(H,16,20,21)/t17-,19+,20?,21-;9-,11+,12?,13-/m11/s1. The van der Waals surface area contributed by atoms with Crippen LogP contribution in [0.25, 0.3) is 0 Å². The summed E-state index contributed by atoms with van der Waals surface area (Å²) in [6.07, 6.45) is -0.525. The quantitative estimate of drug-likeness (QED) is 0.181. The summed E-state index contributed by atoms with van der Waals surface area (Å²) in [5, 5.41) is 0. The van der Waals surface area contributed by atoms with Crippen LogP contribution in [0.4, 0.5) is 0 Å². The van der Waals surface area contributed by atoms with Gasteiger partial charge in [-0.2, -0.15) is 0 Å². The average Bonchev–Trinajstić information content (AvgIpc) is 3.68. The topological polar surface area (TPSA) is 227 Å². The maximum absolute atomic E-state index is 12.7. The van der Waals surface area contributed by atoms with Crippen LogP contribution in [-0.2, 0) is 51.0 Å². The molecular formula is C38H58N4O15S4Si2. The van der Waals surface area contributed by atoms with Crippen molar-refractivity contribution >= 4 is 85.8 Å². The molecule has 0 radical (unpaired) electrons. The molecule has 5 heterocycles. The number of ether oxygens (including phenoxy) is 6. The van der Waals surface area contributed by atoms with E-state index in [4.69, 9.17) is 65.8 Å². The van der Waals surface area contributed by atoms with Crippen LogP contribution >= 0.6 is 48.0 Å². The van der Waals surface area contributed by atoms with E-state index in [2.05, 4.69) is 65.4 Å². The molecule has 3 aliphatic rings. The van der Waals surface area contributed by atoms with Gasteiger partial charge in [0.1, 0.15) is 24.9 Å². The van der Waals surface area contributed by atoms with Crippen molar-refractivity contribution < 1.29 is 51.0 Å². The molecule has 2 N–H and O–H groups in total. The van der Waals surface area contributed by atoms with Crippen molar-refractivity contribution in [1.82, 2.24) is 19.1 Å². The first kappa shape index (κ1) is 52.6. The van der Waals surface area contributed by atoms with E-state index in [0.29, 0.717) is 4.38 Å². The van der Waals surface area contributed by atoms with Gasteiger partial charge in [-0.1, -0.05) is 78.9 Å². The van der Waals surface area contributed by atoms with Crippen molar-refractivity contribution in [2.45, 2.75) is 140 Å². The molecule has 0 amide bonds. The summed E-state index contributed by atoms with van der Waals surface area (Å²) < 4.78 is 58.4. The highest BCUT2D eigenvalue weighted by atomic mass is 32.2. The number of aromatic amines is 2. The number of nitrogens with one attached hydrogen (secondary N) is 2. The van der Waals surface area contributed by atoms with Crippen LogP contribution in [0.15, 0.2) is 43.7 Å². The fourth-order valence-corrected chi connectivity index (χ4v) is 19.6. The van der Waals surface area contributed by atoms with Crippen LogP contribution in [-0.4, -0.2) is 119 Å². The van der Waals surface area contributed by atoms with Crippen molar-refractivity contribution in [3.63, 3.8) is 0 Å². The lowest BCUT2D eigenvalue weighted by atomic mass is 10.1. The van der Waals surface area contributed by atoms with Gasteiger partial charge in [-0.05, 0) is 59.1 Å². The maximum Gasteiger partial charge on any atom is 0.335 e. The van der Waals surface area contributed by atoms with Crippen LogP contribution in [0, 0.1) is 0 Å². The predicted octanol–water partition coefficient (Wildman–Crippen LogP) is 4.39. The normalized spacial score (nSPS) is 26.3. The molecule has 25 heteroatoms. The van der Waals surface area contributed by atoms with E-state index in [1.54, 1.807) is 6.26 Å². The molecule has 0 spiro atoms. The molecule has 3 fully saturated rings. The number of aromatic nitrogens is 4. The molecule has 8 atom stereocenters. The number of esters is 2. The Bertz CT molecular complexity index is 2170. The number of fused-ring (bicyclic) bond motifs is 1. The molecule has 5 rings (SSSR count). The minimum atomic E-state index is -2.94. The third-order valence-electron chi connectivity index (χ3n) is 10.7. The second-order valence-electron chi connectivity index (χ2n) is 16.2. The highest BCUT2D eigenvalue weighted by Crippen LogP contribution is 2.49. The Morgan fingerprint density at radius 1 is 0.730 bits per heavy atom. The monoisotopic (exact) mass is 994 g/mol. The minimum Gasteiger partial charge on any atom is -0.468 e. The average molecular weight is 995 g/mol.